The fourth-order valence-corrected chi connectivity index (χ4v) is 2.40. The predicted octanol–water partition coefficient (Wildman–Crippen LogP) is 4.10. The molecule has 0 aliphatic heterocycles. The van der Waals surface area contributed by atoms with Crippen LogP contribution in [0.2, 0.25) is 0 Å². The van der Waals surface area contributed by atoms with E-state index >= 15 is 0 Å². The van der Waals surface area contributed by atoms with Crippen LogP contribution in [0, 0.1) is 0 Å². The van der Waals surface area contributed by atoms with Crippen LogP contribution in [0.15, 0.2) is 58.1 Å². The first-order valence-corrected chi connectivity index (χ1v) is 8.15. The molecule has 2 aromatic rings. The van der Waals surface area contributed by atoms with E-state index < -0.39 is 0 Å². The van der Waals surface area contributed by atoms with Crippen molar-refractivity contribution in [2.24, 2.45) is 5.10 Å². The number of hydrogen-bond acceptors (Lipinski definition) is 3. The Morgan fingerprint density at radius 3 is 2.65 bits per heavy atom. The standard InChI is InChI=1S/C18H19BrN2O2/c1-13(2)15-8-9-17(16(19)10-15)23-12-18(22)21-20-11-14-6-4-3-5-7-14/h3-11,13H,12H2,1-2H3,(H,21,22)/b20-11+. The molecule has 0 aromatic heterocycles. The van der Waals surface area contributed by atoms with E-state index in [1.54, 1.807) is 6.21 Å². The second-order valence-electron chi connectivity index (χ2n) is 5.34. The highest BCUT2D eigenvalue weighted by Crippen LogP contribution is 2.28. The summed E-state index contributed by atoms with van der Waals surface area (Å²) < 4.78 is 6.34. The lowest BCUT2D eigenvalue weighted by molar-refractivity contribution is -0.123. The number of ether oxygens (including phenoxy) is 1. The molecule has 4 nitrogen and oxygen atoms in total. The Morgan fingerprint density at radius 1 is 1.26 bits per heavy atom. The quantitative estimate of drug-likeness (QED) is 0.611. The molecule has 0 aliphatic carbocycles. The molecule has 0 saturated carbocycles. The highest BCUT2D eigenvalue weighted by molar-refractivity contribution is 9.10. The van der Waals surface area contributed by atoms with Crippen molar-refractivity contribution in [3.05, 3.63) is 64.1 Å². The molecule has 0 spiro atoms. The SMILES string of the molecule is CC(C)c1ccc(OCC(=O)N/N=C/c2ccccc2)c(Br)c1. The van der Waals surface area contributed by atoms with E-state index in [4.69, 9.17) is 4.74 Å². The average Bonchev–Trinajstić information content (AvgIpc) is 2.54. The highest BCUT2D eigenvalue weighted by Gasteiger charge is 2.07. The minimum Gasteiger partial charge on any atom is -0.483 e. The molecule has 0 radical (unpaired) electrons. The Kier molecular flexibility index (Phi) is 6.35. The lowest BCUT2D eigenvalue weighted by Gasteiger charge is -2.10. The van der Waals surface area contributed by atoms with Crippen molar-refractivity contribution in [2.75, 3.05) is 6.61 Å². The number of carbonyl (C=O) groups excluding carboxylic acids is 1. The van der Waals surface area contributed by atoms with E-state index in [1.807, 2.05) is 48.5 Å². The molecule has 0 fully saturated rings. The summed E-state index contributed by atoms with van der Waals surface area (Å²) in [6.45, 7) is 4.16. The number of nitrogens with zero attached hydrogens (tertiary/aromatic N) is 1. The molecule has 120 valence electrons. The van der Waals surface area contributed by atoms with Crippen molar-refractivity contribution in [3.63, 3.8) is 0 Å². The van der Waals surface area contributed by atoms with Crippen molar-refractivity contribution < 1.29 is 9.53 Å². The third-order valence-corrected chi connectivity index (χ3v) is 3.80. The van der Waals surface area contributed by atoms with Gasteiger partial charge >= 0.3 is 0 Å². The summed E-state index contributed by atoms with van der Waals surface area (Å²) in [5.41, 5.74) is 4.57. The molecule has 0 bridgehead atoms. The van der Waals surface area contributed by atoms with Crippen LogP contribution in [0.4, 0.5) is 0 Å². The van der Waals surface area contributed by atoms with Gasteiger partial charge in [0.2, 0.25) is 0 Å². The van der Waals surface area contributed by atoms with Gasteiger partial charge in [0.1, 0.15) is 5.75 Å². The number of hydrogen-bond donors (Lipinski definition) is 1. The molecule has 5 heteroatoms. The maximum absolute atomic E-state index is 11.7. The minimum atomic E-state index is -0.308. The van der Waals surface area contributed by atoms with Gasteiger partial charge in [-0.15, -0.1) is 0 Å². The van der Waals surface area contributed by atoms with Gasteiger partial charge in [-0.05, 0) is 45.1 Å². The summed E-state index contributed by atoms with van der Waals surface area (Å²) in [7, 11) is 0. The van der Waals surface area contributed by atoms with Gasteiger partial charge in [0.15, 0.2) is 6.61 Å². The predicted molar refractivity (Wildman–Crippen MR) is 95.9 cm³/mol. The van der Waals surface area contributed by atoms with Gasteiger partial charge in [-0.3, -0.25) is 4.79 Å². The number of hydrazone groups is 1. The maximum atomic E-state index is 11.7. The largest absolute Gasteiger partial charge is 0.483 e. The number of amides is 1. The van der Waals surface area contributed by atoms with Gasteiger partial charge in [0.05, 0.1) is 10.7 Å². The topological polar surface area (TPSA) is 50.7 Å². The van der Waals surface area contributed by atoms with Crippen LogP contribution in [0.5, 0.6) is 5.75 Å². The van der Waals surface area contributed by atoms with Crippen LogP contribution >= 0.6 is 15.9 Å². The number of nitrogens with one attached hydrogen (secondary N) is 1. The fraction of sp³-hybridized carbons (Fsp3) is 0.222. The second kappa shape index (κ2) is 8.48. The maximum Gasteiger partial charge on any atom is 0.277 e. The van der Waals surface area contributed by atoms with Crippen molar-refractivity contribution in [1.29, 1.82) is 0 Å². The third kappa shape index (κ3) is 5.53. The van der Waals surface area contributed by atoms with Crippen LogP contribution in [0.25, 0.3) is 0 Å². The zero-order valence-electron chi connectivity index (χ0n) is 13.1. The minimum absolute atomic E-state index is 0.0915. The second-order valence-corrected chi connectivity index (χ2v) is 6.19. The molecule has 1 N–H and O–H groups in total. The Hall–Kier alpha value is -2.14. The molecule has 0 aliphatic rings. The molecule has 23 heavy (non-hydrogen) atoms. The van der Waals surface area contributed by atoms with Crippen LogP contribution in [0.1, 0.15) is 30.9 Å². The summed E-state index contributed by atoms with van der Waals surface area (Å²) in [4.78, 5) is 11.7. The fourth-order valence-electron chi connectivity index (χ4n) is 1.89. The summed E-state index contributed by atoms with van der Waals surface area (Å²) in [5, 5.41) is 3.90. The van der Waals surface area contributed by atoms with Gasteiger partial charge in [-0.2, -0.15) is 5.10 Å². The van der Waals surface area contributed by atoms with Crippen LogP contribution in [-0.2, 0) is 4.79 Å². The smallest absolute Gasteiger partial charge is 0.277 e. The average molecular weight is 375 g/mol. The zero-order valence-corrected chi connectivity index (χ0v) is 14.7. The molecule has 0 heterocycles. The van der Waals surface area contributed by atoms with Gasteiger partial charge in [-0.1, -0.05) is 50.2 Å². The first-order valence-electron chi connectivity index (χ1n) is 7.35. The third-order valence-electron chi connectivity index (χ3n) is 3.18. The normalized spacial score (nSPS) is 11.0. The van der Waals surface area contributed by atoms with Gasteiger partial charge in [0, 0.05) is 0 Å². The Labute approximate surface area is 144 Å². The van der Waals surface area contributed by atoms with Gasteiger partial charge < -0.3 is 4.74 Å². The van der Waals surface area contributed by atoms with Gasteiger partial charge in [-0.25, -0.2) is 5.43 Å². The molecular formula is C18H19BrN2O2. The summed E-state index contributed by atoms with van der Waals surface area (Å²) in [5.74, 6) is 0.768. The Bertz CT molecular complexity index is 685. The number of benzene rings is 2. The van der Waals surface area contributed by atoms with E-state index in [1.165, 1.54) is 5.56 Å². The highest BCUT2D eigenvalue weighted by atomic mass is 79.9. The number of rotatable bonds is 6. The molecule has 0 atom stereocenters. The Morgan fingerprint density at radius 2 is 2.00 bits per heavy atom. The first kappa shape index (κ1) is 17.2. The summed E-state index contributed by atoms with van der Waals surface area (Å²) in [6, 6.07) is 15.4. The van der Waals surface area contributed by atoms with Crippen LogP contribution in [0.3, 0.4) is 0 Å². The summed E-state index contributed by atoms with van der Waals surface area (Å²) in [6.07, 6.45) is 1.59. The Balaban J connectivity index is 1.84. The van der Waals surface area contributed by atoms with Crippen LogP contribution in [-0.4, -0.2) is 18.7 Å². The lowest BCUT2D eigenvalue weighted by atomic mass is 10.0. The van der Waals surface area contributed by atoms with Crippen molar-refractivity contribution >= 4 is 28.1 Å². The number of halogens is 1. The van der Waals surface area contributed by atoms with Gasteiger partial charge in [0.25, 0.3) is 5.91 Å². The van der Waals surface area contributed by atoms with E-state index in [-0.39, 0.29) is 12.5 Å². The number of carbonyl (C=O) groups is 1. The molecule has 1 amide bonds. The van der Waals surface area contributed by atoms with Crippen LogP contribution < -0.4 is 10.2 Å². The van der Waals surface area contributed by atoms with E-state index in [0.29, 0.717) is 11.7 Å². The summed E-state index contributed by atoms with van der Waals surface area (Å²) >= 11 is 3.46. The molecule has 2 aromatic carbocycles. The van der Waals surface area contributed by atoms with Crippen molar-refractivity contribution in [1.82, 2.24) is 5.43 Å². The molecular weight excluding hydrogens is 356 g/mol. The monoisotopic (exact) mass is 374 g/mol. The van der Waals surface area contributed by atoms with E-state index in [9.17, 15) is 4.79 Å². The molecule has 0 unspecified atom stereocenters. The molecule has 0 saturated heterocycles. The van der Waals surface area contributed by atoms with Crippen molar-refractivity contribution in [3.8, 4) is 5.75 Å². The first-order chi connectivity index (χ1) is 11.1. The van der Waals surface area contributed by atoms with E-state index in [2.05, 4.69) is 40.3 Å². The zero-order chi connectivity index (χ0) is 16.7. The van der Waals surface area contributed by atoms with E-state index in [0.717, 1.165) is 10.0 Å². The van der Waals surface area contributed by atoms with Crippen molar-refractivity contribution in [2.45, 2.75) is 19.8 Å². The molecule has 2 rings (SSSR count). The lowest BCUT2D eigenvalue weighted by Crippen LogP contribution is -2.24.